The van der Waals surface area contributed by atoms with E-state index >= 15 is 0 Å². The van der Waals surface area contributed by atoms with Gasteiger partial charge in [0.2, 0.25) is 5.91 Å². The van der Waals surface area contributed by atoms with Crippen molar-refractivity contribution in [1.29, 1.82) is 0 Å². The van der Waals surface area contributed by atoms with Crippen LogP contribution in [0, 0.1) is 19.8 Å². The first-order valence-electron chi connectivity index (χ1n) is 9.17. The van der Waals surface area contributed by atoms with Gasteiger partial charge in [0.05, 0.1) is 24.4 Å². The van der Waals surface area contributed by atoms with Gasteiger partial charge < -0.3 is 15.2 Å². The Morgan fingerprint density at radius 1 is 1.33 bits per heavy atom. The third kappa shape index (κ3) is 4.36. The van der Waals surface area contributed by atoms with Crippen LogP contribution in [0.1, 0.15) is 29.8 Å². The SMILES string of the molecule is Cc1nn(-c2ccccc2)c(C)c1CC(=O)NC(C(=O)O)C1CCCOC1. The van der Waals surface area contributed by atoms with Crippen molar-refractivity contribution in [1.82, 2.24) is 15.1 Å². The topological polar surface area (TPSA) is 93.5 Å². The zero-order chi connectivity index (χ0) is 19.4. The molecule has 1 amide bonds. The summed E-state index contributed by atoms with van der Waals surface area (Å²) in [6.07, 6.45) is 1.65. The van der Waals surface area contributed by atoms with Crippen LogP contribution in [0.5, 0.6) is 0 Å². The van der Waals surface area contributed by atoms with Crippen molar-refractivity contribution >= 4 is 11.9 Å². The zero-order valence-electron chi connectivity index (χ0n) is 15.6. The Kier molecular flexibility index (Phi) is 5.91. The maximum absolute atomic E-state index is 12.6. The summed E-state index contributed by atoms with van der Waals surface area (Å²) in [5.41, 5.74) is 3.38. The van der Waals surface area contributed by atoms with E-state index in [1.54, 1.807) is 0 Å². The number of benzene rings is 1. The number of aliphatic carboxylic acids is 1. The van der Waals surface area contributed by atoms with Gasteiger partial charge in [-0.2, -0.15) is 5.10 Å². The molecular weight excluding hydrogens is 346 g/mol. The number of aryl methyl sites for hydroxylation is 1. The minimum Gasteiger partial charge on any atom is -0.480 e. The lowest BCUT2D eigenvalue weighted by atomic mass is 9.93. The number of carboxylic acid groups (broad SMARTS) is 1. The summed E-state index contributed by atoms with van der Waals surface area (Å²) in [6.45, 7) is 4.78. The summed E-state index contributed by atoms with van der Waals surface area (Å²) >= 11 is 0. The molecule has 2 aromatic rings. The number of para-hydroxylation sites is 1. The van der Waals surface area contributed by atoms with E-state index in [1.165, 1.54) is 0 Å². The fourth-order valence-corrected chi connectivity index (χ4v) is 3.55. The predicted octanol–water partition coefficient (Wildman–Crippen LogP) is 2.03. The van der Waals surface area contributed by atoms with Crippen LogP contribution in [0.3, 0.4) is 0 Å². The van der Waals surface area contributed by atoms with Crippen LogP contribution in [0.4, 0.5) is 0 Å². The number of aromatic nitrogens is 2. The van der Waals surface area contributed by atoms with Crippen molar-refractivity contribution in [2.45, 2.75) is 39.2 Å². The van der Waals surface area contributed by atoms with Gasteiger partial charge in [-0.1, -0.05) is 18.2 Å². The Balaban J connectivity index is 1.73. The fourth-order valence-electron chi connectivity index (χ4n) is 3.55. The number of nitrogens with one attached hydrogen (secondary N) is 1. The van der Waals surface area contributed by atoms with Crippen LogP contribution in [-0.2, 0) is 20.7 Å². The lowest BCUT2D eigenvalue weighted by Gasteiger charge is -2.28. The predicted molar refractivity (Wildman–Crippen MR) is 99.9 cm³/mol. The van der Waals surface area contributed by atoms with Crippen LogP contribution in [0.15, 0.2) is 30.3 Å². The summed E-state index contributed by atoms with van der Waals surface area (Å²) in [6, 6.07) is 8.77. The number of rotatable bonds is 6. The Morgan fingerprint density at radius 3 is 2.70 bits per heavy atom. The van der Waals surface area contributed by atoms with Gasteiger partial charge in [0.15, 0.2) is 0 Å². The van der Waals surface area contributed by atoms with Crippen LogP contribution < -0.4 is 5.32 Å². The molecule has 2 atom stereocenters. The number of ether oxygens (including phenoxy) is 1. The number of carbonyl (C=O) groups is 2. The second-order valence-corrected chi connectivity index (χ2v) is 6.93. The summed E-state index contributed by atoms with van der Waals surface area (Å²) in [7, 11) is 0. The number of hydrogen-bond acceptors (Lipinski definition) is 4. The highest BCUT2D eigenvalue weighted by Gasteiger charge is 2.31. The molecule has 1 aliphatic heterocycles. The summed E-state index contributed by atoms with van der Waals surface area (Å²) in [5, 5.41) is 16.7. The Bertz CT molecular complexity index is 810. The first kappa shape index (κ1) is 19.1. The molecule has 0 saturated carbocycles. The molecule has 2 N–H and O–H groups in total. The van der Waals surface area contributed by atoms with E-state index < -0.39 is 12.0 Å². The third-order valence-electron chi connectivity index (χ3n) is 5.03. The number of hydrogen-bond donors (Lipinski definition) is 2. The second-order valence-electron chi connectivity index (χ2n) is 6.93. The van der Waals surface area contributed by atoms with Gasteiger partial charge in [-0.25, -0.2) is 9.48 Å². The normalized spacial score (nSPS) is 18.1. The number of nitrogens with zero attached hydrogens (tertiary/aromatic N) is 2. The highest BCUT2D eigenvalue weighted by molar-refractivity contribution is 5.85. The Hall–Kier alpha value is -2.67. The van der Waals surface area contributed by atoms with Crippen molar-refractivity contribution < 1.29 is 19.4 Å². The Morgan fingerprint density at radius 2 is 2.07 bits per heavy atom. The molecule has 27 heavy (non-hydrogen) atoms. The van der Waals surface area contributed by atoms with Crippen molar-refractivity contribution in [2.75, 3.05) is 13.2 Å². The average molecular weight is 371 g/mol. The van der Waals surface area contributed by atoms with E-state index in [0.29, 0.717) is 13.2 Å². The number of amides is 1. The molecule has 1 saturated heterocycles. The van der Waals surface area contributed by atoms with E-state index in [0.717, 1.165) is 35.5 Å². The van der Waals surface area contributed by atoms with Crippen molar-refractivity contribution in [2.24, 2.45) is 5.92 Å². The van der Waals surface area contributed by atoms with Crippen LogP contribution in [0.2, 0.25) is 0 Å². The minimum absolute atomic E-state index is 0.0991. The molecule has 3 rings (SSSR count). The van der Waals surface area contributed by atoms with Crippen LogP contribution >= 0.6 is 0 Å². The van der Waals surface area contributed by atoms with Crippen LogP contribution in [-0.4, -0.2) is 46.0 Å². The lowest BCUT2D eigenvalue weighted by molar-refractivity contribution is -0.145. The fraction of sp³-hybridized carbons (Fsp3) is 0.450. The van der Waals surface area contributed by atoms with E-state index in [1.807, 2.05) is 48.9 Å². The van der Waals surface area contributed by atoms with Gasteiger partial charge >= 0.3 is 5.97 Å². The van der Waals surface area contributed by atoms with Gasteiger partial charge in [0.25, 0.3) is 0 Å². The lowest BCUT2D eigenvalue weighted by Crippen LogP contribution is -2.48. The first-order valence-corrected chi connectivity index (χ1v) is 9.17. The zero-order valence-corrected chi connectivity index (χ0v) is 15.6. The molecule has 0 spiro atoms. The molecule has 1 aromatic carbocycles. The van der Waals surface area contributed by atoms with Gasteiger partial charge in [-0.15, -0.1) is 0 Å². The monoisotopic (exact) mass is 371 g/mol. The molecule has 1 aliphatic rings. The molecule has 1 aromatic heterocycles. The quantitative estimate of drug-likeness (QED) is 0.810. The largest absolute Gasteiger partial charge is 0.480 e. The molecule has 2 heterocycles. The van der Waals surface area contributed by atoms with Crippen molar-refractivity contribution in [3.63, 3.8) is 0 Å². The highest BCUT2D eigenvalue weighted by atomic mass is 16.5. The second kappa shape index (κ2) is 8.35. The maximum Gasteiger partial charge on any atom is 0.326 e. The molecule has 0 radical (unpaired) electrons. The van der Waals surface area contributed by atoms with E-state index in [-0.39, 0.29) is 18.2 Å². The van der Waals surface area contributed by atoms with Gasteiger partial charge in [-0.05, 0) is 38.8 Å². The molecule has 7 nitrogen and oxygen atoms in total. The number of carbonyl (C=O) groups excluding carboxylic acids is 1. The summed E-state index contributed by atoms with van der Waals surface area (Å²) in [5.74, 6) is -1.53. The van der Waals surface area contributed by atoms with Crippen molar-refractivity contribution in [3.8, 4) is 5.69 Å². The van der Waals surface area contributed by atoms with E-state index in [9.17, 15) is 14.7 Å². The van der Waals surface area contributed by atoms with E-state index in [4.69, 9.17) is 4.74 Å². The standard InChI is InChI=1S/C20H25N3O4/c1-13-17(14(2)23(22-13)16-8-4-3-5-9-16)11-18(24)21-19(20(25)26)15-7-6-10-27-12-15/h3-5,8-9,15,19H,6-7,10-12H2,1-2H3,(H,21,24)(H,25,26). The molecule has 0 bridgehead atoms. The molecular formula is C20H25N3O4. The minimum atomic E-state index is -1.02. The third-order valence-corrected chi connectivity index (χ3v) is 5.03. The highest BCUT2D eigenvalue weighted by Crippen LogP contribution is 2.20. The van der Waals surface area contributed by atoms with E-state index in [2.05, 4.69) is 10.4 Å². The Labute approximate surface area is 158 Å². The first-order chi connectivity index (χ1) is 13.0. The molecule has 144 valence electrons. The smallest absolute Gasteiger partial charge is 0.326 e. The van der Waals surface area contributed by atoms with Crippen LogP contribution in [0.25, 0.3) is 5.69 Å². The van der Waals surface area contributed by atoms with Gasteiger partial charge in [0.1, 0.15) is 6.04 Å². The molecule has 2 unspecified atom stereocenters. The molecule has 7 heteroatoms. The molecule has 0 aliphatic carbocycles. The van der Waals surface area contributed by atoms with Gasteiger partial charge in [-0.3, -0.25) is 4.79 Å². The van der Waals surface area contributed by atoms with Gasteiger partial charge in [0, 0.05) is 23.8 Å². The molecule has 1 fully saturated rings. The average Bonchev–Trinajstić information content (AvgIpc) is 2.95. The maximum atomic E-state index is 12.6. The summed E-state index contributed by atoms with van der Waals surface area (Å²) < 4.78 is 7.18. The summed E-state index contributed by atoms with van der Waals surface area (Å²) in [4.78, 5) is 24.2. The number of carboxylic acids is 1. The van der Waals surface area contributed by atoms with Crippen molar-refractivity contribution in [3.05, 3.63) is 47.3 Å².